The predicted octanol–water partition coefficient (Wildman–Crippen LogP) is 0.117. The van der Waals surface area contributed by atoms with Crippen molar-refractivity contribution in [2.45, 2.75) is 24.6 Å². The zero-order valence-electron chi connectivity index (χ0n) is 18.3. The molecule has 2 aromatic carbocycles. The van der Waals surface area contributed by atoms with Gasteiger partial charge in [0.05, 0.1) is 20.8 Å². The first-order chi connectivity index (χ1) is 16.6. The van der Waals surface area contributed by atoms with Crippen LogP contribution in [0.1, 0.15) is 0 Å². The van der Waals surface area contributed by atoms with E-state index in [4.69, 9.17) is 23.4 Å². The number of rotatable bonds is 5. The van der Waals surface area contributed by atoms with Gasteiger partial charge < -0.3 is 59.1 Å². The molecular formula is C22H22O13. The predicted molar refractivity (Wildman–Crippen MR) is 116 cm³/mol. The maximum atomic E-state index is 13.6. The van der Waals surface area contributed by atoms with E-state index in [1.165, 1.54) is 13.2 Å². The summed E-state index contributed by atoms with van der Waals surface area (Å²) in [7, 11) is 2.30. The van der Waals surface area contributed by atoms with Crippen molar-refractivity contribution in [3.05, 3.63) is 28.4 Å². The molecule has 35 heavy (non-hydrogen) atoms. The summed E-state index contributed by atoms with van der Waals surface area (Å²) in [6.45, 7) is -0.433. The standard InChI is InChI=1S/C22H22O13/c1-31-19-13(27)11-14(28)21(35-22-15(29)12(26)10(25)6-33-22)17(7-3-4-8(23)9(24)5-7)34-18(11)20(32-2)16(19)30/h3-5,10,12,15,22-27,29-30H,6H2,1-2H3/t10-,12-,15+,22-/m1/s1. The topological polar surface area (TPSA) is 209 Å². The number of methoxy groups -OCH3 is 2. The van der Waals surface area contributed by atoms with Crippen molar-refractivity contribution in [2.75, 3.05) is 20.8 Å². The van der Waals surface area contributed by atoms with Crippen LogP contribution in [0.3, 0.4) is 0 Å². The lowest BCUT2D eigenvalue weighted by molar-refractivity contribution is -0.242. The van der Waals surface area contributed by atoms with E-state index < -0.39 is 82.1 Å². The molecule has 1 saturated heterocycles. The SMILES string of the molecule is COc1c(O)c(OC)c2oc(-c3ccc(O)c(O)c3)c(O[C@H]3OC[C@@H](O)[C@@H](O)[C@@H]3O)c(=O)c2c1O. The highest BCUT2D eigenvalue weighted by atomic mass is 16.7. The minimum absolute atomic E-state index is 0.00275. The molecule has 1 fully saturated rings. The number of aliphatic hydroxyl groups excluding tert-OH is 3. The first-order valence-corrected chi connectivity index (χ1v) is 10.1. The van der Waals surface area contributed by atoms with Gasteiger partial charge in [0, 0.05) is 5.56 Å². The number of hydrogen-bond acceptors (Lipinski definition) is 13. The van der Waals surface area contributed by atoms with E-state index >= 15 is 0 Å². The van der Waals surface area contributed by atoms with Crippen molar-refractivity contribution in [2.24, 2.45) is 0 Å². The maximum Gasteiger partial charge on any atom is 0.239 e. The number of ether oxygens (including phenoxy) is 4. The molecule has 0 aliphatic carbocycles. The van der Waals surface area contributed by atoms with Crippen LogP contribution in [-0.4, -0.2) is 81.2 Å². The number of phenols is 4. The molecule has 4 rings (SSSR count). The van der Waals surface area contributed by atoms with Gasteiger partial charge in [-0.05, 0) is 18.2 Å². The highest BCUT2D eigenvalue weighted by Crippen LogP contribution is 2.50. The Hall–Kier alpha value is -3.91. The molecule has 1 aliphatic heterocycles. The summed E-state index contributed by atoms with van der Waals surface area (Å²) in [6, 6.07) is 3.40. The molecule has 13 heteroatoms. The van der Waals surface area contributed by atoms with Gasteiger partial charge in [0.25, 0.3) is 0 Å². The normalized spacial score (nSPS) is 22.2. The quantitative estimate of drug-likeness (QED) is 0.235. The molecule has 188 valence electrons. The molecule has 7 N–H and O–H groups in total. The molecule has 13 nitrogen and oxygen atoms in total. The Morgan fingerprint density at radius 1 is 0.886 bits per heavy atom. The third-order valence-corrected chi connectivity index (χ3v) is 5.49. The van der Waals surface area contributed by atoms with Gasteiger partial charge in [-0.25, -0.2) is 0 Å². The third kappa shape index (κ3) is 3.89. The summed E-state index contributed by atoms with van der Waals surface area (Å²) in [4.78, 5) is 13.6. The van der Waals surface area contributed by atoms with Crippen LogP contribution in [0.4, 0.5) is 0 Å². The van der Waals surface area contributed by atoms with Crippen LogP contribution in [0.15, 0.2) is 27.4 Å². The Labute approximate surface area is 196 Å². The van der Waals surface area contributed by atoms with Crippen LogP contribution < -0.4 is 19.6 Å². The van der Waals surface area contributed by atoms with Gasteiger partial charge >= 0.3 is 0 Å². The molecule has 0 radical (unpaired) electrons. The second kappa shape index (κ2) is 9.03. The van der Waals surface area contributed by atoms with Gasteiger partial charge in [0.1, 0.15) is 23.7 Å². The van der Waals surface area contributed by atoms with Crippen molar-refractivity contribution in [1.82, 2.24) is 0 Å². The van der Waals surface area contributed by atoms with Crippen molar-refractivity contribution < 1.29 is 59.1 Å². The minimum atomic E-state index is -1.78. The highest BCUT2D eigenvalue weighted by molar-refractivity contribution is 5.96. The minimum Gasteiger partial charge on any atom is -0.504 e. The van der Waals surface area contributed by atoms with Crippen molar-refractivity contribution in [3.8, 4) is 51.6 Å². The monoisotopic (exact) mass is 494 g/mol. The number of aliphatic hydroxyl groups is 3. The fraction of sp³-hybridized carbons (Fsp3) is 0.318. The van der Waals surface area contributed by atoms with Crippen molar-refractivity contribution >= 4 is 11.0 Å². The van der Waals surface area contributed by atoms with Crippen molar-refractivity contribution in [3.63, 3.8) is 0 Å². The van der Waals surface area contributed by atoms with Crippen LogP contribution >= 0.6 is 0 Å². The van der Waals surface area contributed by atoms with Crippen LogP contribution in [0.25, 0.3) is 22.3 Å². The average Bonchev–Trinajstić information content (AvgIpc) is 2.82. The number of phenolic OH excluding ortho intramolecular Hbond substituents is 4. The Kier molecular flexibility index (Phi) is 6.25. The summed E-state index contributed by atoms with van der Waals surface area (Å²) in [5.74, 6) is -4.39. The molecule has 0 amide bonds. The van der Waals surface area contributed by atoms with E-state index in [1.54, 1.807) is 0 Å². The number of hydrogen-bond donors (Lipinski definition) is 7. The Balaban J connectivity index is 2.03. The summed E-state index contributed by atoms with van der Waals surface area (Å²) in [5, 5.41) is 70.1. The molecule has 0 saturated carbocycles. The second-order valence-corrected chi connectivity index (χ2v) is 7.63. The van der Waals surface area contributed by atoms with Gasteiger partial charge in [-0.2, -0.15) is 0 Å². The number of benzene rings is 2. The van der Waals surface area contributed by atoms with E-state index in [0.29, 0.717) is 0 Å². The van der Waals surface area contributed by atoms with Crippen LogP contribution in [0.5, 0.6) is 40.2 Å². The van der Waals surface area contributed by atoms with E-state index in [9.17, 15) is 40.5 Å². The van der Waals surface area contributed by atoms with E-state index in [0.717, 1.165) is 19.2 Å². The van der Waals surface area contributed by atoms with Crippen LogP contribution in [-0.2, 0) is 4.74 Å². The van der Waals surface area contributed by atoms with Gasteiger partial charge in [0.2, 0.25) is 34.7 Å². The Morgan fingerprint density at radius 2 is 1.57 bits per heavy atom. The molecule has 3 aromatic rings. The molecular weight excluding hydrogens is 472 g/mol. The largest absolute Gasteiger partial charge is 0.504 e. The van der Waals surface area contributed by atoms with E-state index in [2.05, 4.69) is 0 Å². The molecule has 1 aromatic heterocycles. The molecule has 0 unspecified atom stereocenters. The zero-order valence-corrected chi connectivity index (χ0v) is 18.3. The Morgan fingerprint density at radius 3 is 2.20 bits per heavy atom. The lowest BCUT2D eigenvalue weighted by Crippen LogP contribution is -2.55. The second-order valence-electron chi connectivity index (χ2n) is 7.63. The van der Waals surface area contributed by atoms with E-state index in [1.807, 2.05) is 0 Å². The van der Waals surface area contributed by atoms with Crippen LogP contribution in [0, 0.1) is 0 Å². The Bertz CT molecular complexity index is 1330. The van der Waals surface area contributed by atoms with E-state index in [-0.39, 0.29) is 17.1 Å². The van der Waals surface area contributed by atoms with Gasteiger partial charge in [0.15, 0.2) is 28.6 Å². The van der Waals surface area contributed by atoms with Gasteiger partial charge in [-0.15, -0.1) is 0 Å². The smallest absolute Gasteiger partial charge is 0.239 e. The van der Waals surface area contributed by atoms with Crippen LogP contribution in [0.2, 0.25) is 0 Å². The molecule has 4 atom stereocenters. The molecule has 1 aliphatic rings. The molecule has 0 spiro atoms. The van der Waals surface area contributed by atoms with Gasteiger partial charge in [-0.3, -0.25) is 4.79 Å². The highest BCUT2D eigenvalue weighted by Gasteiger charge is 2.40. The summed E-state index contributed by atoms with van der Waals surface area (Å²) in [5.41, 5.74) is -1.44. The zero-order chi connectivity index (χ0) is 25.6. The lowest BCUT2D eigenvalue weighted by atomic mass is 10.0. The summed E-state index contributed by atoms with van der Waals surface area (Å²) < 4.78 is 26.7. The molecule has 2 heterocycles. The maximum absolute atomic E-state index is 13.6. The fourth-order valence-electron chi connectivity index (χ4n) is 3.67. The first kappa shape index (κ1) is 24.2. The first-order valence-electron chi connectivity index (χ1n) is 10.1. The number of aromatic hydroxyl groups is 4. The molecule has 0 bridgehead atoms. The van der Waals surface area contributed by atoms with Crippen molar-refractivity contribution in [1.29, 1.82) is 0 Å². The van der Waals surface area contributed by atoms with Gasteiger partial charge in [-0.1, -0.05) is 0 Å². The average molecular weight is 494 g/mol. The summed E-state index contributed by atoms with van der Waals surface area (Å²) in [6.07, 6.45) is -6.51. The summed E-state index contributed by atoms with van der Waals surface area (Å²) >= 11 is 0. The number of fused-ring (bicyclic) bond motifs is 1. The fourth-order valence-corrected chi connectivity index (χ4v) is 3.67. The third-order valence-electron chi connectivity index (χ3n) is 5.49. The lowest BCUT2D eigenvalue weighted by Gasteiger charge is -2.34.